The van der Waals surface area contributed by atoms with Gasteiger partial charge in [-0.1, -0.05) is 6.92 Å². The van der Waals surface area contributed by atoms with Gasteiger partial charge in [0.2, 0.25) is 5.91 Å². The van der Waals surface area contributed by atoms with E-state index in [9.17, 15) is 4.79 Å². The van der Waals surface area contributed by atoms with Gasteiger partial charge in [0.15, 0.2) is 0 Å². The molecule has 1 amide bonds. The van der Waals surface area contributed by atoms with Crippen molar-refractivity contribution in [1.82, 2.24) is 15.5 Å². The van der Waals surface area contributed by atoms with Crippen molar-refractivity contribution in [2.45, 2.75) is 52.0 Å². The fourth-order valence-corrected chi connectivity index (χ4v) is 4.25. The molecule has 27 heavy (non-hydrogen) atoms. The van der Waals surface area contributed by atoms with Crippen LogP contribution in [0.3, 0.4) is 0 Å². The fourth-order valence-electron chi connectivity index (χ4n) is 4.25. The molecular formula is C20H35Cl2N3O2. The molecule has 2 unspecified atom stereocenters. The van der Waals surface area contributed by atoms with Gasteiger partial charge >= 0.3 is 0 Å². The van der Waals surface area contributed by atoms with Crippen LogP contribution in [-0.2, 0) is 4.79 Å². The standard InChI is InChI=1S/C20H33N3O2.2ClH/c1-15(17-7-9-21-10-8-17)13-20(24)22-14-18(23-11-3-4-12-23)19-6-5-16(2)25-19;;/h5-6,15,17-18,21H,3-4,7-14H2,1-2H3,(H,22,24);2*1H. The number of piperidine rings is 1. The molecule has 1 aromatic rings. The van der Waals surface area contributed by atoms with Crippen LogP contribution in [0.15, 0.2) is 16.5 Å². The van der Waals surface area contributed by atoms with E-state index in [1.807, 2.05) is 13.0 Å². The third-order valence-corrected chi connectivity index (χ3v) is 5.86. The van der Waals surface area contributed by atoms with E-state index < -0.39 is 0 Å². The van der Waals surface area contributed by atoms with Crippen LogP contribution in [0.2, 0.25) is 0 Å². The van der Waals surface area contributed by atoms with Crippen molar-refractivity contribution in [2.24, 2.45) is 11.8 Å². The van der Waals surface area contributed by atoms with E-state index in [4.69, 9.17) is 4.42 Å². The Morgan fingerprint density at radius 1 is 1.26 bits per heavy atom. The Kier molecular flexibility index (Phi) is 10.7. The Bertz CT molecular complexity index is 555. The molecule has 156 valence electrons. The van der Waals surface area contributed by atoms with E-state index in [0.29, 0.717) is 24.8 Å². The average Bonchev–Trinajstić information content (AvgIpc) is 3.28. The lowest BCUT2D eigenvalue weighted by Gasteiger charge is -2.29. The van der Waals surface area contributed by atoms with Crippen LogP contribution in [0.4, 0.5) is 0 Å². The van der Waals surface area contributed by atoms with Crippen LogP contribution < -0.4 is 10.6 Å². The quantitative estimate of drug-likeness (QED) is 0.706. The number of carbonyl (C=O) groups is 1. The van der Waals surface area contributed by atoms with Gasteiger partial charge in [-0.15, -0.1) is 24.8 Å². The molecule has 2 atom stereocenters. The summed E-state index contributed by atoms with van der Waals surface area (Å²) < 4.78 is 5.87. The Balaban J connectivity index is 0.00000182. The van der Waals surface area contributed by atoms with Crippen molar-refractivity contribution < 1.29 is 9.21 Å². The molecule has 7 heteroatoms. The topological polar surface area (TPSA) is 57.5 Å². The fraction of sp³-hybridized carbons (Fsp3) is 0.750. The van der Waals surface area contributed by atoms with Crippen LogP contribution in [0.5, 0.6) is 0 Å². The lowest BCUT2D eigenvalue weighted by atomic mass is 9.84. The molecule has 3 heterocycles. The minimum atomic E-state index is 0. The molecule has 0 aliphatic carbocycles. The zero-order valence-corrected chi connectivity index (χ0v) is 18.2. The number of hydrogen-bond donors (Lipinski definition) is 2. The van der Waals surface area contributed by atoms with E-state index >= 15 is 0 Å². The predicted molar refractivity (Wildman–Crippen MR) is 114 cm³/mol. The third kappa shape index (κ3) is 6.97. The average molecular weight is 420 g/mol. The number of nitrogens with one attached hydrogen (secondary N) is 2. The van der Waals surface area contributed by atoms with Gasteiger partial charge in [-0.05, 0) is 82.8 Å². The van der Waals surface area contributed by atoms with Crippen molar-refractivity contribution in [2.75, 3.05) is 32.7 Å². The largest absolute Gasteiger partial charge is 0.465 e. The van der Waals surface area contributed by atoms with Crippen LogP contribution in [0, 0.1) is 18.8 Å². The highest BCUT2D eigenvalue weighted by atomic mass is 35.5. The van der Waals surface area contributed by atoms with Crippen molar-refractivity contribution in [3.05, 3.63) is 23.7 Å². The summed E-state index contributed by atoms with van der Waals surface area (Å²) in [5.41, 5.74) is 0. The Hall–Kier alpha value is -0.750. The summed E-state index contributed by atoms with van der Waals surface area (Å²) in [5, 5.41) is 6.58. The number of aryl methyl sites for hydroxylation is 1. The second kappa shape index (κ2) is 11.9. The van der Waals surface area contributed by atoms with E-state index in [0.717, 1.165) is 37.7 Å². The highest BCUT2D eigenvalue weighted by molar-refractivity contribution is 5.85. The molecule has 0 aromatic carbocycles. The first-order valence-electron chi connectivity index (χ1n) is 9.91. The van der Waals surface area contributed by atoms with Crippen molar-refractivity contribution in [3.8, 4) is 0 Å². The molecule has 2 aliphatic rings. The van der Waals surface area contributed by atoms with Gasteiger partial charge in [0, 0.05) is 13.0 Å². The molecule has 5 nitrogen and oxygen atoms in total. The summed E-state index contributed by atoms with van der Waals surface area (Å²) in [7, 11) is 0. The van der Waals surface area contributed by atoms with Crippen LogP contribution in [-0.4, -0.2) is 43.5 Å². The molecule has 2 fully saturated rings. The van der Waals surface area contributed by atoms with E-state index in [-0.39, 0.29) is 36.8 Å². The SMILES string of the molecule is Cc1ccc(C(CNC(=O)CC(C)C2CCNCC2)N2CCCC2)o1.Cl.Cl. The molecule has 2 saturated heterocycles. The summed E-state index contributed by atoms with van der Waals surface area (Å²) in [5.74, 6) is 3.22. The third-order valence-electron chi connectivity index (χ3n) is 5.86. The molecule has 3 rings (SSSR count). The maximum absolute atomic E-state index is 12.5. The number of furan rings is 1. The number of likely N-dealkylation sites (tertiary alicyclic amines) is 1. The van der Waals surface area contributed by atoms with Crippen molar-refractivity contribution in [1.29, 1.82) is 0 Å². The van der Waals surface area contributed by atoms with Crippen molar-refractivity contribution >= 4 is 30.7 Å². The smallest absolute Gasteiger partial charge is 0.220 e. The van der Waals surface area contributed by atoms with Crippen LogP contribution in [0.1, 0.15) is 56.6 Å². The van der Waals surface area contributed by atoms with Gasteiger partial charge < -0.3 is 15.1 Å². The number of halogens is 2. The molecule has 0 bridgehead atoms. The second-order valence-electron chi connectivity index (χ2n) is 7.78. The first kappa shape index (κ1) is 24.3. The summed E-state index contributed by atoms with van der Waals surface area (Å²) in [4.78, 5) is 14.9. The Morgan fingerprint density at radius 3 is 2.52 bits per heavy atom. The first-order chi connectivity index (χ1) is 12.1. The van der Waals surface area contributed by atoms with Crippen LogP contribution >= 0.6 is 24.8 Å². The molecule has 1 aromatic heterocycles. The van der Waals surface area contributed by atoms with E-state index in [2.05, 4.69) is 28.5 Å². The lowest BCUT2D eigenvalue weighted by molar-refractivity contribution is -0.122. The summed E-state index contributed by atoms with van der Waals surface area (Å²) in [6.07, 6.45) is 5.48. The van der Waals surface area contributed by atoms with Gasteiger partial charge in [-0.25, -0.2) is 0 Å². The lowest BCUT2D eigenvalue weighted by Crippen LogP contribution is -2.38. The van der Waals surface area contributed by atoms with E-state index in [1.165, 1.54) is 25.7 Å². The molecule has 0 spiro atoms. The summed E-state index contributed by atoms with van der Waals surface area (Å²) in [6, 6.07) is 4.23. The van der Waals surface area contributed by atoms with Gasteiger partial charge in [-0.3, -0.25) is 9.69 Å². The monoisotopic (exact) mass is 419 g/mol. The number of carbonyl (C=O) groups excluding carboxylic acids is 1. The second-order valence-corrected chi connectivity index (χ2v) is 7.78. The zero-order valence-electron chi connectivity index (χ0n) is 16.5. The number of rotatable bonds is 7. The van der Waals surface area contributed by atoms with Gasteiger partial charge in [-0.2, -0.15) is 0 Å². The maximum atomic E-state index is 12.5. The van der Waals surface area contributed by atoms with E-state index in [1.54, 1.807) is 0 Å². The molecule has 2 aliphatic heterocycles. The van der Waals surface area contributed by atoms with Gasteiger partial charge in [0.05, 0.1) is 6.04 Å². The minimum absolute atomic E-state index is 0. The summed E-state index contributed by atoms with van der Waals surface area (Å²) in [6.45, 7) is 9.20. The number of hydrogen-bond acceptors (Lipinski definition) is 4. The predicted octanol–water partition coefficient (Wildman–Crippen LogP) is 3.71. The molecular weight excluding hydrogens is 385 g/mol. The van der Waals surface area contributed by atoms with Gasteiger partial charge in [0.25, 0.3) is 0 Å². The van der Waals surface area contributed by atoms with Crippen molar-refractivity contribution in [3.63, 3.8) is 0 Å². The zero-order chi connectivity index (χ0) is 17.6. The first-order valence-corrected chi connectivity index (χ1v) is 9.91. The molecule has 0 saturated carbocycles. The molecule has 0 radical (unpaired) electrons. The number of nitrogens with zero attached hydrogens (tertiary/aromatic N) is 1. The summed E-state index contributed by atoms with van der Waals surface area (Å²) >= 11 is 0. The molecule has 2 N–H and O–H groups in total. The number of amides is 1. The Morgan fingerprint density at radius 2 is 1.93 bits per heavy atom. The highest BCUT2D eigenvalue weighted by Crippen LogP contribution is 2.27. The highest BCUT2D eigenvalue weighted by Gasteiger charge is 2.27. The van der Waals surface area contributed by atoms with Crippen LogP contribution in [0.25, 0.3) is 0 Å². The Labute approximate surface area is 175 Å². The minimum Gasteiger partial charge on any atom is -0.465 e. The van der Waals surface area contributed by atoms with Gasteiger partial charge in [0.1, 0.15) is 11.5 Å². The maximum Gasteiger partial charge on any atom is 0.220 e. The normalized spacial score (nSPS) is 20.4.